The predicted octanol–water partition coefficient (Wildman–Crippen LogP) is 12.1. The summed E-state index contributed by atoms with van der Waals surface area (Å²) >= 11 is 0. The summed E-state index contributed by atoms with van der Waals surface area (Å²) in [6, 6.07) is 13.7. The van der Waals surface area contributed by atoms with Crippen LogP contribution in [-0.4, -0.2) is 11.3 Å². The average molecular weight is 795 g/mol. The standard InChI is InChI=1S/C39H36F12P2/c1-21-9-22(2)12-30(11-21)52(31-13-23(3)10-24(4)14-31)25(5)34-7-6-8-35(34)53(32-17-26(36(40,41)42)15-27(18-32)37(43,44)45)33-19-28(38(46,47)48)16-29(20-33)39(49,50)51/h9-20,25,34-35H,6-8H2,1-5H3/t25-,34?,35?/m0/s1. The van der Waals surface area contributed by atoms with Gasteiger partial charge in [-0.05, 0) is 131 Å². The van der Waals surface area contributed by atoms with E-state index in [1.54, 1.807) is 0 Å². The van der Waals surface area contributed by atoms with Crippen LogP contribution in [0.4, 0.5) is 52.7 Å². The Balaban J connectivity index is 1.80. The second kappa shape index (κ2) is 14.9. The molecule has 1 saturated carbocycles. The summed E-state index contributed by atoms with van der Waals surface area (Å²) in [6.45, 7) is 9.62. The molecule has 0 nitrogen and oxygen atoms in total. The van der Waals surface area contributed by atoms with Crippen LogP contribution in [0.25, 0.3) is 0 Å². The van der Waals surface area contributed by atoms with Crippen LogP contribution in [0.5, 0.6) is 0 Å². The van der Waals surface area contributed by atoms with Gasteiger partial charge in [-0.3, -0.25) is 0 Å². The summed E-state index contributed by atoms with van der Waals surface area (Å²) in [4.78, 5) is 0. The first-order valence-electron chi connectivity index (χ1n) is 16.7. The minimum absolute atomic E-state index is 0.0849. The molecule has 0 spiro atoms. The number of benzene rings is 4. The quantitative estimate of drug-likeness (QED) is 0.129. The van der Waals surface area contributed by atoms with Crippen LogP contribution >= 0.6 is 15.8 Å². The third-order valence-corrected chi connectivity index (χ3v) is 15.3. The van der Waals surface area contributed by atoms with Crippen molar-refractivity contribution in [3.05, 3.63) is 117 Å². The Morgan fingerprint density at radius 1 is 0.453 bits per heavy atom. The maximum Gasteiger partial charge on any atom is 0.416 e. The molecule has 3 atom stereocenters. The SMILES string of the molecule is Cc1cc(C)cc(P(c2cc(C)cc(C)c2)[C@@H](C)C2CCCC2P(c2cc(C(F)(F)F)cc(C(F)(F)F)c2)c2cc(C(F)(F)F)cc(C(F)(F)F)c2)c1. The number of halogens is 12. The molecule has 286 valence electrons. The molecular weight excluding hydrogens is 758 g/mol. The van der Waals surface area contributed by atoms with Gasteiger partial charge in [0.2, 0.25) is 0 Å². The minimum atomic E-state index is -5.29. The van der Waals surface area contributed by atoms with Gasteiger partial charge in [-0.2, -0.15) is 52.7 Å². The molecule has 1 aliphatic carbocycles. The summed E-state index contributed by atoms with van der Waals surface area (Å²) < 4.78 is 170. The van der Waals surface area contributed by atoms with Gasteiger partial charge in [0.25, 0.3) is 0 Å². The lowest BCUT2D eigenvalue weighted by Gasteiger charge is -2.38. The molecule has 1 aliphatic rings. The van der Waals surface area contributed by atoms with Crippen LogP contribution in [0.3, 0.4) is 0 Å². The van der Waals surface area contributed by atoms with Crippen LogP contribution in [0.2, 0.25) is 0 Å². The first-order chi connectivity index (χ1) is 24.3. The molecule has 0 N–H and O–H groups in total. The zero-order valence-corrected chi connectivity index (χ0v) is 31.0. The second-order valence-electron chi connectivity index (χ2n) is 13.9. The molecule has 0 radical (unpaired) electrons. The summed E-state index contributed by atoms with van der Waals surface area (Å²) in [6.07, 6.45) is -20.1. The minimum Gasteiger partial charge on any atom is -0.166 e. The Kier molecular flexibility index (Phi) is 11.5. The van der Waals surface area contributed by atoms with Crippen molar-refractivity contribution in [1.29, 1.82) is 0 Å². The fourth-order valence-corrected chi connectivity index (χ4v) is 14.4. The molecule has 0 heterocycles. The molecule has 0 amide bonds. The third kappa shape index (κ3) is 9.41. The van der Waals surface area contributed by atoms with E-state index in [1.165, 1.54) is 0 Å². The topological polar surface area (TPSA) is 0 Å². The maximum absolute atomic E-state index is 14.2. The van der Waals surface area contributed by atoms with Gasteiger partial charge in [0.1, 0.15) is 0 Å². The number of alkyl halides is 12. The Hall–Kier alpha value is -3.10. The van der Waals surface area contributed by atoms with E-state index in [1.807, 2.05) is 71.0 Å². The Bertz CT molecular complexity index is 1720. The van der Waals surface area contributed by atoms with Crippen LogP contribution in [0.15, 0.2) is 72.8 Å². The van der Waals surface area contributed by atoms with Crippen LogP contribution in [-0.2, 0) is 24.7 Å². The molecule has 0 aromatic heterocycles. The highest BCUT2D eigenvalue weighted by Gasteiger charge is 2.45. The van der Waals surface area contributed by atoms with Gasteiger partial charge in [0.05, 0.1) is 22.3 Å². The highest BCUT2D eigenvalue weighted by molar-refractivity contribution is 7.74. The van der Waals surface area contributed by atoms with Gasteiger partial charge >= 0.3 is 24.7 Å². The van der Waals surface area contributed by atoms with E-state index in [2.05, 4.69) is 0 Å². The van der Waals surface area contributed by atoms with Crippen molar-refractivity contribution in [1.82, 2.24) is 0 Å². The zero-order valence-electron chi connectivity index (χ0n) is 29.2. The molecule has 1 fully saturated rings. The summed E-state index contributed by atoms with van der Waals surface area (Å²) in [5.74, 6) is -0.485. The summed E-state index contributed by atoms with van der Waals surface area (Å²) in [7, 11) is -3.94. The highest BCUT2D eigenvalue weighted by Crippen LogP contribution is 2.58. The van der Waals surface area contributed by atoms with E-state index in [0.717, 1.165) is 32.9 Å². The molecule has 0 bridgehead atoms. The maximum atomic E-state index is 14.2. The number of hydrogen-bond donors (Lipinski definition) is 0. The van der Waals surface area contributed by atoms with Gasteiger partial charge in [-0.1, -0.05) is 72.0 Å². The van der Waals surface area contributed by atoms with Gasteiger partial charge in [0, 0.05) is 0 Å². The molecule has 0 aliphatic heterocycles. The fourth-order valence-electron chi connectivity index (χ4n) is 7.53. The lowest BCUT2D eigenvalue weighted by Crippen LogP contribution is -2.34. The summed E-state index contributed by atoms with van der Waals surface area (Å²) in [5.41, 5.74) is -4.09. The van der Waals surface area contributed by atoms with Crippen LogP contribution in [0.1, 0.15) is 70.7 Å². The normalized spacial score (nSPS) is 17.9. The predicted molar refractivity (Wildman–Crippen MR) is 188 cm³/mol. The third-order valence-electron chi connectivity index (χ3n) is 9.56. The van der Waals surface area contributed by atoms with Gasteiger partial charge in [-0.25, -0.2) is 0 Å². The van der Waals surface area contributed by atoms with Crippen molar-refractivity contribution < 1.29 is 52.7 Å². The van der Waals surface area contributed by atoms with Crippen LogP contribution in [0, 0.1) is 33.6 Å². The van der Waals surface area contributed by atoms with E-state index in [9.17, 15) is 52.7 Å². The lowest BCUT2D eigenvalue weighted by molar-refractivity contribution is -0.144. The van der Waals surface area contributed by atoms with Crippen LogP contribution < -0.4 is 21.2 Å². The Morgan fingerprint density at radius 2 is 0.774 bits per heavy atom. The zero-order chi connectivity index (χ0) is 39.4. The molecule has 5 rings (SSSR count). The van der Waals surface area contributed by atoms with Crippen molar-refractivity contribution >= 4 is 37.1 Å². The lowest BCUT2D eigenvalue weighted by atomic mass is 10.0. The summed E-state index contributed by atoms with van der Waals surface area (Å²) in [5, 5.41) is 0.755. The van der Waals surface area contributed by atoms with E-state index >= 15 is 0 Å². The second-order valence-corrected chi connectivity index (χ2v) is 18.9. The van der Waals surface area contributed by atoms with Gasteiger partial charge in [-0.15, -0.1) is 0 Å². The fraction of sp³-hybridized carbons (Fsp3) is 0.385. The highest BCUT2D eigenvalue weighted by atomic mass is 31.1. The Labute approximate surface area is 302 Å². The number of aryl methyl sites for hydroxylation is 4. The average Bonchev–Trinajstić information content (AvgIpc) is 3.48. The monoisotopic (exact) mass is 794 g/mol. The molecule has 4 aromatic carbocycles. The van der Waals surface area contributed by atoms with E-state index < -0.39 is 85.0 Å². The van der Waals surface area contributed by atoms with E-state index in [-0.39, 0.29) is 24.2 Å². The van der Waals surface area contributed by atoms with Crippen molar-refractivity contribution in [2.45, 2.75) is 89.9 Å². The smallest absolute Gasteiger partial charge is 0.166 e. The largest absolute Gasteiger partial charge is 0.416 e. The molecular formula is C39H36F12P2. The first-order valence-corrected chi connectivity index (χ1v) is 19.5. The van der Waals surface area contributed by atoms with Crippen molar-refractivity contribution in [2.75, 3.05) is 0 Å². The molecule has 0 saturated heterocycles. The van der Waals surface area contributed by atoms with E-state index in [0.29, 0.717) is 37.1 Å². The van der Waals surface area contributed by atoms with Crippen molar-refractivity contribution in [2.24, 2.45) is 5.92 Å². The van der Waals surface area contributed by atoms with Gasteiger partial charge in [0.15, 0.2) is 0 Å². The first kappa shape index (κ1) is 41.1. The molecule has 4 aromatic rings. The van der Waals surface area contributed by atoms with Gasteiger partial charge < -0.3 is 0 Å². The van der Waals surface area contributed by atoms with Crippen molar-refractivity contribution in [3.8, 4) is 0 Å². The Morgan fingerprint density at radius 3 is 1.08 bits per heavy atom. The van der Waals surface area contributed by atoms with Crippen molar-refractivity contribution in [3.63, 3.8) is 0 Å². The molecule has 53 heavy (non-hydrogen) atoms. The molecule has 14 heteroatoms. The number of hydrogen-bond acceptors (Lipinski definition) is 0. The number of rotatable bonds is 7. The molecule has 2 unspecified atom stereocenters. The van der Waals surface area contributed by atoms with E-state index in [4.69, 9.17) is 0 Å².